The van der Waals surface area contributed by atoms with E-state index < -0.39 is 11.5 Å². The lowest BCUT2D eigenvalue weighted by Gasteiger charge is -2.31. The van der Waals surface area contributed by atoms with Gasteiger partial charge in [0.2, 0.25) is 0 Å². The summed E-state index contributed by atoms with van der Waals surface area (Å²) in [6.07, 6.45) is 14.5. The highest BCUT2D eigenvalue weighted by molar-refractivity contribution is 5.87. The van der Waals surface area contributed by atoms with Crippen LogP contribution >= 0.6 is 0 Å². The van der Waals surface area contributed by atoms with E-state index >= 15 is 0 Å². The lowest BCUT2D eigenvalue weighted by molar-refractivity contribution is -0.138. The van der Waals surface area contributed by atoms with Crippen LogP contribution in [0.15, 0.2) is 40.6 Å². The first-order valence-electron chi connectivity index (χ1n) is 12.2. The molecule has 34 heavy (non-hydrogen) atoms. The van der Waals surface area contributed by atoms with Crippen LogP contribution in [0.3, 0.4) is 0 Å². The summed E-state index contributed by atoms with van der Waals surface area (Å²) in [6, 6.07) is 0. The first-order valence-corrected chi connectivity index (χ1v) is 12.2. The molecule has 3 atom stereocenters. The molecule has 6 heteroatoms. The van der Waals surface area contributed by atoms with Gasteiger partial charge in [-0.05, 0) is 58.7 Å². The largest absolute Gasteiger partial charge is 0.449 e. The third kappa shape index (κ3) is 12.8. The van der Waals surface area contributed by atoms with Crippen LogP contribution in [0.5, 0.6) is 0 Å². The molecule has 0 fully saturated rings. The van der Waals surface area contributed by atoms with E-state index in [1.807, 2.05) is 40.0 Å². The topological polar surface area (TPSA) is 92.4 Å². The summed E-state index contributed by atoms with van der Waals surface area (Å²) in [7, 11) is 1.95. The highest BCUT2D eigenvalue weighted by atomic mass is 16.3. The SMILES string of the molecule is C/C=C\c1coc(C)n1.CNCC/C=C(C)\C=C\CC(C)CC(C)C(=O)C(C)(C)C(O)CC=O. The van der Waals surface area contributed by atoms with Crippen LogP contribution < -0.4 is 5.32 Å². The van der Waals surface area contributed by atoms with Crippen molar-refractivity contribution in [3.8, 4) is 0 Å². The zero-order valence-electron chi connectivity index (χ0n) is 22.4. The minimum atomic E-state index is -0.916. The second kappa shape index (κ2) is 17.2. The maximum Gasteiger partial charge on any atom is 0.191 e. The van der Waals surface area contributed by atoms with Gasteiger partial charge < -0.3 is 19.6 Å². The van der Waals surface area contributed by atoms with E-state index in [-0.39, 0.29) is 18.1 Å². The molecule has 0 saturated heterocycles. The first kappa shape index (κ1) is 31.7. The van der Waals surface area contributed by atoms with E-state index in [0.717, 1.165) is 31.5 Å². The number of nitrogens with zero attached hydrogens (tertiary/aromatic N) is 1. The van der Waals surface area contributed by atoms with Gasteiger partial charge in [0.05, 0.1) is 6.10 Å². The number of rotatable bonds is 14. The Morgan fingerprint density at radius 3 is 2.50 bits per heavy atom. The van der Waals surface area contributed by atoms with Gasteiger partial charge in [-0.1, -0.05) is 57.6 Å². The molecule has 6 nitrogen and oxygen atoms in total. The van der Waals surface area contributed by atoms with Crippen LogP contribution in [-0.2, 0) is 9.59 Å². The number of aldehydes is 1. The Kier molecular flexibility index (Phi) is 16.0. The van der Waals surface area contributed by atoms with Gasteiger partial charge in [0.15, 0.2) is 5.89 Å². The standard InChI is InChI=1S/C21H37NO3.C7H9NO/c1-16(11-8-13-22-6)9-7-10-17(2)15-18(3)20(25)21(4,5)19(24)12-14-23;1-3-4-7-5-9-6(2)8-7/h7,9,11,14,17-19,22,24H,8,10,12-13,15H2,1-6H3;3-5H,1-2H3/b9-7+,16-11-;4-3-. The van der Waals surface area contributed by atoms with Crippen LogP contribution in [0.2, 0.25) is 0 Å². The molecule has 0 aliphatic carbocycles. The smallest absolute Gasteiger partial charge is 0.191 e. The van der Waals surface area contributed by atoms with E-state index in [2.05, 4.69) is 42.4 Å². The molecule has 0 aliphatic heterocycles. The number of ketones is 1. The Hall–Kier alpha value is -2.31. The first-order chi connectivity index (χ1) is 16.0. The molecule has 0 aromatic carbocycles. The molecular formula is C28H46N2O4. The number of aliphatic hydroxyl groups is 1. The Morgan fingerprint density at radius 1 is 1.29 bits per heavy atom. The maximum absolute atomic E-state index is 12.6. The predicted molar refractivity (Wildman–Crippen MR) is 140 cm³/mol. The van der Waals surface area contributed by atoms with Gasteiger partial charge in [0.1, 0.15) is 24.0 Å². The van der Waals surface area contributed by atoms with Gasteiger partial charge in [0.25, 0.3) is 0 Å². The Balaban J connectivity index is 0.000000999. The number of oxazole rings is 1. The lowest BCUT2D eigenvalue weighted by Crippen LogP contribution is -2.40. The minimum absolute atomic E-state index is 0.00289. The van der Waals surface area contributed by atoms with E-state index in [0.29, 0.717) is 18.1 Å². The molecule has 1 aromatic heterocycles. The summed E-state index contributed by atoms with van der Waals surface area (Å²) in [5, 5.41) is 13.2. The number of carbonyl (C=O) groups is 2. The van der Waals surface area contributed by atoms with Crippen LogP contribution in [0.4, 0.5) is 0 Å². The average molecular weight is 475 g/mol. The van der Waals surface area contributed by atoms with Crippen molar-refractivity contribution in [3.05, 3.63) is 47.7 Å². The van der Waals surface area contributed by atoms with Crippen LogP contribution in [0, 0.1) is 24.2 Å². The van der Waals surface area contributed by atoms with E-state index in [4.69, 9.17) is 4.42 Å². The zero-order chi connectivity index (χ0) is 26.1. The molecule has 1 heterocycles. The number of aromatic nitrogens is 1. The van der Waals surface area contributed by atoms with Gasteiger partial charge in [0, 0.05) is 24.7 Å². The number of aliphatic hydroxyl groups excluding tert-OH is 1. The fraction of sp³-hybridized carbons (Fsp3) is 0.607. The summed E-state index contributed by atoms with van der Waals surface area (Å²) in [6.45, 7) is 14.4. The molecule has 0 aliphatic rings. The molecule has 2 N–H and O–H groups in total. The van der Waals surface area contributed by atoms with Crippen molar-refractivity contribution in [2.45, 2.75) is 80.3 Å². The van der Waals surface area contributed by atoms with Gasteiger partial charge in [-0.25, -0.2) is 4.98 Å². The molecule has 192 valence electrons. The van der Waals surface area contributed by atoms with Gasteiger partial charge in [-0.3, -0.25) is 4.79 Å². The average Bonchev–Trinajstić information content (AvgIpc) is 3.18. The predicted octanol–water partition coefficient (Wildman–Crippen LogP) is 5.71. The summed E-state index contributed by atoms with van der Waals surface area (Å²) in [5.74, 6) is 0.996. The van der Waals surface area contributed by atoms with Crippen molar-refractivity contribution in [1.29, 1.82) is 0 Å². The Bertz CT molecular complexity index is 805. The fourth-order valence-electron chi connectivity index (χ4n) is 3.62. The van der Waals surface area contributed by atoms with Crippen molar-refractivity contribution in [2.24, 2.45) is 17.3 Å². The molecule has 3 unspecified atom stereocenters. The number of carbonyl (C=O) groups excluding carboxylic acids is 2. The van der Waals surface area contributed by atoms with Crippen molar-refractivity contribution >= 4 is 18.1 Å². The molecule has 0 spiro atoms. The molecule has 1 aromatic rings. The second-order valence-corrected chi connectivity index (χ2v) is 9.52. The summed E-state index contributed by atoms with van der Waals surface area (Å²) >= 11 is 0. The quantitative estimate of drug-likeness (QED) is 0.204. The summed E-state index contributed by atoms with van der Waals surface area (Å²) in [5.41, 5.74) is 1.25. The van der Waals surface area contributed by atoms with Crippen molar-refractivity contribution in [3.63, 3.8) is 0 Å². The monoisotopic (exact) mass is 474 g/mol. The molecule has 1 rings (SSSR count). The molecular weight excluding hydrogens is 428 g/mol. The van der Waals surface area contributed by atoms with Crippen molar-refractivity contribution in [1.82, 2.24) is 10.3 Å². The van der Waals surface area contributed by atoms with Gasteiger partial charge in [-0.2, -0.15) is 0 Å². The highest BCUT2D eigenvalue weighted by Crippen LogP contribution is 2.30. The van der Waals surface area contributed by atoms with E-state index in [1.54, 1.807) is 20.1 Å². The van der Waals surface area contributed by atoms with E-state index in [9.17, 15) is 14.7 Å². The number of nitrogens with one attached hydrogen (secondary N) is 1. The fourth-order valence-corrected chi connectivity index (χ4v) is 3.62. The molecule has 0 saturated carbocycles. The summed E-state index contributed by atoms with van der Waals surface area (Å²) < 4.78 is 4.95. The normalized spacial score (nSPS) is 15.1. The molecule has 0 bridgehead atoms. The Morgan fingerprint density at radius 2 is 1.97 bits per heavy atom. The number of aryl methyl sites for hydroxylation is 1. The van der Waals surface area contributed by atoms with E-state index in [1.165, 1.54) is 5.57 Å². The van der Waals surface area contributed by atoms with Crippen molar-refractivity contribution in [2.75, 3.05) is 13.6 Å². The number of hydrogen-bond donors (Lipinski definition) is 2. The maximum atomic E-state index is 12.6. The number of allylic oxidation sites excluding steroid dienone is 4. The molecule has 0 radical (unpaired) electrons. The minimum Gasteiger partial charge on any atom is -0.449 e. The lowest BCUT2D eigenvalue weighted by atomic mass is 9.74. The van der Waals surface area contributed by atoms with Crippen LogP contribution in [0.25, 0.3) is 6.08 Å². The third-order valence-corrected chi connectivity index (χ3v) is 5.75. The number of Topliss-reactive ketones (excluding diaryl/α,β-unsaturated/α-hetero) is 1. The summed E-state index contributed by atoms with van der Waals surface area (Å²) in [4.78, 5) is 27.3. The molecule has 0 amide bonds. The third-order valence-electron chi connectivity index (χ3n) is 5.75. The Labute approximate surface area is 206 Å². The van der Waals surface area contributed by atoms with Gasteiger partial charge >= 0.3 is 0 Å². The van der Waals surface area contributed by atoms with Crippen LogP contribution in [-0.4, -0.2) is 41.9 Å². The van der Waals surface area contributed by atoms with Gasteiger partial charge in [-0.15, -0.1) is 0 Å². The zero-order valence-corrected chi connectivity index (χ0v) is 22.4. The highest BCUT2D eigenvalue weighted by Gasteiger charge is 2.37. The number of hydrogen-bond acceptors (Lipinski definition) is 6. The van der Waals surface area contributed by atoms with Crippen LogP contribution in [0.1, 0.15) is 78.8 Å². The van der Waals surface area contributed by atoms with Crippen molar-refractivity contribution < 1.29 is 19.1 Å². The second-order valence-electron chi connectivity index (χ2n) is 9.52.